The maximum absolute atomic E-state index is 9.97. The molecule has 0 amide bonds. The summed E-state index contributed by atoms with van der Waals surface area (Å²) < 4.78 is 7.47. The average Bonchev–Trinajstić information content (AvgIpc) is 3.04. The second kappa shape index (κ2) is 8.38. The van der Waals surface area contributed by atoms with Crippen molar-refractivity contribution in [1.29, 1.82) is 0 Å². The zero-order chi connectivity index (χ0) is 16.3. The van der Waals surface area contributed by atoms with Crippen molar-refractivity contribution in [2.24, 2.45) is 0 Å². The molecule has 2 aromatic rings. The Morgan fingerprint density at radius 1 is 1.36 bits per heavy atom. The number of aliphatic hydroxyl groups is 3. The van der Waals surface area contributed by atoms with Gasteiger partial charge in [0.1, 0.15) is 18.3 Å². The van der Waals surface area contributed by atoms with Gasteiger partial charge in [-0.2, -0.15) is 0 Å². The van der Waals surface area contributed by atoms with E-state index < -0.39 is 24.5 Å². The van der Waals surface area contributed by atoms with Gasteiger partial charge in [-0.25, -0.2) is 9.97 Å². The fourth-order valence-electron chi connectivity index (χ4n) is 2.17. The SMILES string of the molecule is OCC1OC(n2cnc3c(=[SH+])[nH]cnc32)C(O)C1O.[Br][Pt][Br]. The van der Waals surface area contributed by atoms with Crippen LogP contribution in [0.4, 0.5) is 0 Å². The van der Waals surface area contributed by atoms with Crippen LogP contribution in [0.1, 0.15) is 6.23 Å². The molecule has 3 rings (SSSR count). The van der Waals surface area contributed by atoms with Crippen molar-refractivity contribution in [3.8, 4) is 0 Å². The summed E-state index contributed by atoms with van der Waals surface area (Å²) in [5, 5.41) is 28.8. The van der Waals surface area contributed by atoms with Gasteiger partial charge >= 0.3 is 45.7 Å². The van der Waals surface area contributed by atoms with Crippen LogP contribution in [0.2, 0.25) is 0 Å². The topological polar surface area (TPSA) is 116 Å². The molecule has 126 valence electrons. The number of hydrogen-bond acceptors (Lipinski definition) is 6. The number of imidazole rings is 1. The molecule has 2 aromatic heterocycles. The van der Waals surface area contributed by atoms with Crippen LogP contribution < -0.4 is 0 Å². The Kier molecular flexibility index (Phi) is 7.09. The van der Waals surface area contributed by atoms with Crippen LogP contribution in [0, 0.1) is 4.64 Å². The molecule has 0 spiro atoms. The van der Waals surface area contributed by atoms with Gasteiger partial charge in [0.25, 0.3) is 0 Å². The molecule has 1 aliphatic heterocycles. The summed E-state index contributed by atoms with van der Waals surface area (Å²) in [5.41, 5.74) is 1.00. The predicted molar refractivity (Wildman–Crippen MR) is 84.7 cm³/mol. The molecule has 8 nitrogen and oxygen atoms in total. The van der Waals surface area contributed by atoms with E-state index in [0.717, 1.165) is 0 Å². The fraction of sp³-hybridized carbons (Fsp3) is 0.500. The summed E-state index contributed by atoms with van der Waals surface area (Å²) in [6, 6.07) is 0. The van der Waals surface area contributed by atoms with E-state index in [1.807, 2.05) is 0 Å². The van der Waals surface area contributed by atoms with Crippen molar-refractivity contribution in [3.05, 3.63) is 17.3 Å². The minimum atomic E-state index is -1.16. The Bertz CT molecular complexity index is 686. The summed E-state index contributed by atoms with van der Waals surface area (Å²) >= 11 is 10.8. The third kappa shape index (κ3) is 3.67. The Labute approximate surface area is 151 Å². The molecule has 1 fully saturated rings. The molecule has 0 aromatic carbocycles. The zero-order valence-corrected chi connectivity index (χ0v) is 17.1. The van der Waals surface area contributed by atoms with Crippen molar-refractivity contribution >= 4 is 50.0 Å². The quantitative estimate of drug-likeness (QED) is 0.207. The molecule has 22 heavy (non-hydrogen) atoms. The van der Waals surface area contributed by atoms with Crippen LogP contribution in [0.5, 0.6) is 0 Å². The first kappa shape index (κ1) is 18.6. The number of H-pyrrole nitrogens is 1. The number of halogens is 2. The van der Waals surface area contributed by atoms with Crippen molar-refractivity contribution < 1.29 is 34.5 Å². The number of ether oxygens (including phenoxy) is 1. The van der Waals surface area contributed by atoms with E-state index in [1.165, 1.54) is 17.2 Å². The van der Waals surface area contributed by atoms with Crippen LogP contribution in [-0.4, -0.2) is 59.8 Å². The van der Waals surface area contributed by atoms with Gasteiger partial charge in [-0.15, -0.1) is 0 Å². The maximum atomic E-state index is 9.97. The molecule has 1 aliphatic rings. The van der Waals surface area contributed by atoms with Gasteiger partial charge in [0, 0.05) is 0 Å². The van der Waals surface area contributed by atoms with E-state index in [-0.39, 0.29) is 21.1 Å². The summed E-state index contributed by atoms with van der Waals surface area (Å²) in [7, 11) is 0. The molecule has 4 atom stereocenters. The molecule has 0 saturated carbocycles. The van der Waals surface area contributed by atoms with Crippen molar-refractivity contribution in [2.75, 3.05) is 6.61 Å². The normalized spacial score (nSPS) is 27.9. The molecule has 12 heteroatoms. The van der Waals surface area contributed by atoms with Gasteiger partial charge in [-0.3, -0.25) is 9.55 Å². The van der Waals surface area contributed by atoms with Gasteiger partial charge < -0.3 is 20.1 Å². The van der Waals surface area contributed by atoms with E-state index >= 15 is 0 Å². The molecule has 3 heterocycles. The monoisotopic (exact) mass is 638 g/mol. The summed E-state index contributed by atoms with van der Waals surface area (Å²) in [5.74, 6) is 0. The molecule has 1 saturated heterocycles. The third-order valence-corrected chi connectivity index (χ3v) is 3.51. The van der Waals surface area contributed by atoms with Gasteiger partial charge in [0.2, 0.25) is 0 Å². The number of rotatable bonds is 2. The second-order valence-corrected chi connectivity index (χ2v) is 14.7. The fourth-order valence-corrected chi connectivity index (χ4v) is 2.38. The molecule has 4 unspecified atom stereocenters. The Morgan fingerprint density at radius 2 is 2.05 bits per heavy atom. The summed E-state index contributed by atoms with van der Waals surface area (Å²) in [4.78, 5) is 11.1. The van der Waals surface area contributed by atoms with Crippen LogP contribution in [0.15, 0.2) is 12.7 Å². The number of fused-ring (bicyclic) bond motifs is 1. The molecule has 0 bridgehead atoms. The third-order valence-electron chi connectivity index (χ3n) is 3.17. The number of thiol groups is 1. The minimum absolute atomic E-state index is 0.208. The first-order valence-corrected chi connectivity index (χ1v) is 16.3. The van der Waals surface area contributed by atoms with Crippen molar-refractivity contribution in [2.45, 2.75) is 24.5 Å². The van der Waals surface area contributed by atoms with Crippen LogP contribution in [-0.2, 0) is 31.4 Å². The number of aromatic amines is 1. The Hall–Kier alpha value is 0.258. The average molecular weight is 640 g/mol. The number of aromatic nitrogens is 4. The number of hydrogen-bond donors (Lipinski definition) is 4. The summed E-state index contributed by atoms with van der Waals surface area (Å²) in [6.45, 7) is -0.375. The van der Waals surface area contributed by atoms with E-state index in [1.54, 1.807) is 0 Å². The number of nitrogens with zero attached hydrogens (tertiary/aromatic N) is 3. The van der Waals surface area contributed by atoms with Crippen molar-refractivity contribution in [3.63, 3.8) is 0 Å². The summed E-state index contributed by atoms with van der Waals surface area (Å²) in [6.07, 6.45) is -1.10. The molecular weight excluding hydrogens is 627 g/mol. The van der Waals surface area contributed by atoms with E-state index in [0.29, 0.717) is 15.8 Å². The molecule has 4 N–H and O–H groups in total. The van der Waals surface area contributed by atoms with Gasteiger partial charge in [-0.1, -0.05) is 0 Å². The van der Waals surface area contributed by atoms with Crippen LogP contribution in [0.25, 0.3) is 11.2 Å². The standard InChI is InChI=1S/C10H12N4O4S.2BrH.Pt/c15-1-4-6(16)7(17)10(18-4)14-3-13-5-8(14)11-2-12-9(5)19;;;/h2-4,6-7,10,15-17H,1H2,(H,11,12,19);2*1H;/q;;;+2/p-1. The van der Waals surface area contributed by atoms with Gasteiger partial charge in [0.05, 0.1) is 19.3 Å². The molecular formula is C10H13Br2N4O4PtS+. The van der Waals surface area contributed by atoms with E-state index in [9.17, 15) is 10.2 Å². The number of nitrogens with one attached hydrogen (secondary N) is 1. The molecule has 0 radical (unpaired) electrons. The zero-order valence-electron chi connectivity index (χ0n) is 10.8. The van der Waals surface area contributed by atoms with Gasteiger partial charge in [0.15, 0.2) is 29.6 Å². The first-order chi connectivity index (χ1) is 10.5. The second-order valence-electron chi connectivity index (χ2n) is 4.35. The van der Waals surface area contributed by atoms with E-state index in [2.05, 4.69) is 53.8 Å². The van der Waals surface area contributed by atoms with Gasteiger partial charge in [-0.05, 0) is 0 Å². The predicted octanol–water partition coefficient (Wildman–Crippen LogP) is -0.129. The van der Waals surface area contributed by atoms with Crippen LogP contribution >= 0.6 is 26.6 Å². The molecule has 0 aliphatic carbocycles. The van der Waals surface area contributed by atoms with Crippen molar-refractivity contribution in [1.82, 2.24) is 19.5 Å². The first-order valence-electron chi connectivity index (χ1n) is 5.92. The van der Waals surface area contributed by atoms with E-state index in [4.69, 9.17) is 9.84 Å². The van der Waals surface area contributed by atoms with Crippen LogP contribution in [0.3, 0.4) is 0 Å². The Balaban J connectivity index is 0.000000545. The number of aliphatic hydroxyl groups excluding tert-OH is 3. The Morgan fingerprint density at radius 3 is 2.64 bits per heavy atom.